The minimum Gasteiger partial charge on any atom is -0.344 e. The number of benzene rings is 2. The molecule has 0 spiro atoms. The summed E-state index contributed by atoms with van der Waals surface area (Å²) in [7, 11) is 0. The summed E-state index contributed by atoms with van der Waals surface area (Å²) >= 11 is 3.49. The average molecular weight is 425 g/mol. The number of hydrogen-bond acceptors (Lipinski definition) is 2. The van der Waals surface area contributed by atoms with Gasteiger partial charge in [0.2, 0.25) is 5.91 Å². The van der Waals surface area contributed by atoms with E-state index in [4.69, 9.17) is 0 Å². The topological polar surface area (TPSA) is 32.3 Å². The van der Waals surface area contributed by atoms with Gasteiger partial charge in [-0.3, -0.25) is 4.79 Å². The van der Waals surface area contributed by atoms with Gasteiger partial charge in [-0.05, 0) is 47.4 Å². The summed E-state index contributed by atoms with van der Waals surface area (Å²) in [4.78, 5) is 14.8. The minimum absolute atomic E-state index is 0.114. The van der Waals surface area contributed by atoms with Gasteiger partial charge in [-0.2, -0.15) is 0 Å². The van der Waals surface area contributed by atoms with E-state index < -0.39 is 5.66 Å². The van der Waals surface area contributed by atoms with Crippen molar-refractivity contribution < 1.29 is 4.79 Å². The summed E-state index contributed by atoms with van der Waals surface area (Å²) in [6.07, 6.45) is 5.84. The van der Waals surface area contributed by atoms with Crippen LogP contribution >= 0.6 is 15.9 Å². The van der Waals surface area contributed by atoms with Gasteiger partial charge in [-0.25, -0.2) is 0 Å². The van der Waals surface area contributed by atoms with Crippen molar-refractivity contribution in [3.8, 4) is 0 Å². The molecule has 1 fully saturated rings. The lowest BCUT2D eigenvalue weighted by Gasteiger charge is -2.49. The number of aryl methyl sites for hydroxylation is 1. The molecule has 2 aromatic rings. The van der Waals surface area contributed by atoms with Crippen molar-refractivity contribution in [3.63, 3.8) is 0 Å². The molecule has 1 saturated heterocycles. The first-order valence-electron chi connectivity index (χ1n) is 9.54. The normalized spacial score (nSPS) is 23.3. The zero-order chi connectivity index (χ0) is 19.2. The molecule has 0 radical (unpaired) electrons. The molecule has 1 atom stereocenters. The van der Waals surface area contributed by atoms with Crippen LogP contribution in [0.25, 0.3) is 6.08 Å². The molecule has 2 aliphatic heterocycles. The van der Waals surface area contributed by atoms with Crippen LogP contribution in [-0.4, -0.2) is 18.1 Å². The maximum absolute atomic E-state index is 12.5. The Bertz CT molecular complexity index is 916. The molecule has 27 heavy (non-hydrogen) atoms. The smallest absolute Gasteiger partial charge is 0.223 e. The van der Waals surface area contributed by atoms with Crippen molar-refractivity contribution in [1.29, 1.82) is 0 Å². The average Bonchev–Trinajstić information content (AvgIpc) is 2.85. The number of halogens is 1. The van der Waals surface area contributed by atoms with E-state index in [9.17, 15) is 4.79 Å². The highest BCUT2D eigenvalue weighted by Crippen LogP contribution is 2.52. The molecular weight excluding hydrogens is 400 g/mol. The Hall–Kier alpha value is -2.07. The Kier molecular flexibility index (Phi) is 4.42. The fourth-order valence-electron chi connectivity index (χ4n) is 4.41. The molecular formula is C23H25BrN2O. The molecule has 1 unspecified atom stereocenters. The summed E-state index contributed by atoms with van der Waals surface area (Å²) in [5.41, 5.74) is 4.20. The quantitative estimate of drug-likeness (QED) is 0.748. The highest BCUT2D eigenvalue weighted by atomic mass is 79.9. The molecule has 2 heterocycles. The van der Waals surface area contributed by atoms with Crippen LogP contribution in [0.4, 0.5) is 5.69 Å². The molecule has 4 heteroatoms. The van der Waals surface area contributed by atoms with Crippen LogP contribution in [0.15, 0.2) is 53.0 Å². The van der Waals surface area contributed by atoms with Crippen LogP contribution in [0.2, 0.25) is 0 Å². The van der Waals surface area contributed by atoms with Crippen molar-refractivity contribution >= 4 is 33.6 Å². The van der Waals surface area contributed by atoms with Gasteiger partial charge in [0.25, 0.3) is 0 Å². The Balaban J connectivity index is 1.84. The number of rotatable bonds is 3. The van der Waals surface area contributed by atoms with E-state index in [2.05, 4.69) is 89.4 Å². The van der Waals surface area contributed by atoms with E-state index in [0.717, 1.165) is 23.0 Å². The monoisotopic (exact) mass is 424 g/mol. The molecule has 3 nitrogen and oxygen atoms in total. The summed E-state index contributed by atoms with van der Waals surface area (Å²) < 4.78 is 1.06. The van der Waals surface area contributed by atoms with Crippen LogP contribution < -0.4 is 10.2 Å². The SMILES string of the molecule is CCc1ccc2c(c1)C(C)(C)C1(/C=C/c3ccc(Br)cc3)NC(=O)CCN21. The minimum atomic E-state index is -0.551. The van der Waals surface area contributed by atoms with E-state index >= 15 is 0 Å². The first kappa shape index (κ1) is 18.3. The van der Waals surface area contributed by atoms with Crippen LogP contribution in [0.1, 0.15) is 43.9 Å². The molecule has 4 rings (SSSR count). The third kappa shape index (κ3) is 2.82. The van der Waals surface area contributed by atoms with Crippen molar-refractivity contribution in [2.24, 2.45) is 0 Å². The zero-order valence-electron chi connectivity index (χ0n) is 16.1. The number of fused-ring (bicyclic) bond motifs is 3. The molecule has 2 aliphatic rings. The maximum Gasteiger partial charge on any atom is 0.223 e. The third-order valence-corrected chi connectivity index (χ3v) is 6.62. The molecule has 0 bridgehead atoms. The number of nitrogens with zero attached hydrogens (tertiary/aromatic N) is 1. The highest BCUT2D eigenvalue weighted by Gasteiger charge is 2.57. The number of hydrogen-bond donors (Lipinski definition) is 1. The number of carbonyl (C=O) groups is 1. The summed E-state index contributed by atoms with van der Waals surface area (Å²) in [5.74, 6) is 0.114. The largest absolute Gasteiger partial charge is 0.344 e. The first-order chi connectivity index (χ1) is 12.9. The maximum atomic E-state index is 12.5. The summed E-state index contributed by atoms with van der Waals surface area (Å²) in [6.45, 7) is 7.39. The van der Waals surface area contributed by atoms with Gasteiger partial charge in [0, 0.05) is 28.5 Å². The molecule has 1 N–H and O–H groups in total. The van der Waals surface area contributed by atoms with Crippen molar-refractivity contribution in [3.05, 3.63) is 69.7 Å². The van der Waals surface area contributed by atoms with Crippen molar-refractivity contribution in [2.45, 2.75) is 44.7 Å². The first-order valence-corrected chi connectivity index (χ1v) is 10.3. The second-order valence-electron chi connectivity index (χ2n) is 7.93. The van der Waals surface area contributed by atoms with Crippen molar-refractivity contribution in [1.82, 2.24) is 5.32 Å². The number of carbonyl (C=O) groups excluding carboxylic acids is 1. The van der Waals surface area contributed by atoms with E-state index in [1.807, 2.05) is 12.1 Å². The third-order valence-electron chi connectivity index (χ3n) is 6.09. The van der Waals surface area contributed by atoms with E-state index in [-0.39, 0.29) is 11.3 Å². The fourth-order valence-corrected chi connectivity index (χ4v) is 4.68. The molecule has 140 valence electrons. The molecule has 0 saturated carbocycles. The Morgan fingerprint density at radius 1 is 1.19 bits per heavy atom. The summed E-state index contributed by atoms with van der Waals surface area (Å²) in [5, 5.41) is 3.34. The standard InChI is InChI=1S/C23H25BrN2O/c1-4-16-7-10-20-19(15-16)22(2,3)23(25-21(27)12-14-26(20)23)13-11-17-5-8-18(24)9-6-17/h5-11,13,15H,4,12,14H2,1-3H3,(H,25,27)/b13-11+. The number of amides is 1. The van der Waals surface area contributed by atoms with Gasteiger partial charge in [-0.15, -0.1) is 0 Å². The molecule has 2 aromatic carbocycles. The second-order valence-corrected chi connectivity index (χ2v) is 8.85. The van der Waals surface area contributed by atoms with Gasteiger partial charge in [-0.1, -0.05) is 67.0 Å². The highest BCUT2D eigenvalue weighted by molar-refractivity contribution is 9.10. The van der Waals surface area contributed by atoms with Gasteiger partial charge in [0.1, 0.15) is 5.66 Å². The number of nitrogens with one attached hydrogen (secondary N) is 1. The van der Waals surface area contributed by atoms with Crippen LogP contribution in [0.5, 0.6) is 0 Å². The van der Waals surface area contributed by atoms with Gasteiger partial charge < -0.3 is 10.2 Å². The number of anilines is 1. The van der Waals surface area contributed by atoms with E-state index in [0.29, 0.717) is 6.42 Å². The molecule has 1 amide bonds. The van der Waals surface area contributed by atoms with Gasteiger partial charge >= 0.3 is 0 Å². The Labute approximate surface area is 169 Å². The van der Waals surface area contributed by atoms with Crippen LogP contribution in [0, 0.1) is 0 Å². The zero-order valence-corrected chi connectivity index (χ0v) is 17.6. The Morgan fingerprint density at radius 3 is 2.63 bits per heavy atom. The molecule has 0 aliphatic carbocycles. The molecule has 0 aromatic heterocycles. The lowest BCUT2D eigenvalue weighted by Crippen LogP contribution is -2.68. The lowest BCUT2D eigenvalue weighted by molar-refractivity contribution is -0.124. The second kappa shape index (κ2) is 6.52. The van der Waals surface area contributed by atoms with E-state index in [1.165, 1.54) is 16.8 Å². The van der Waals surface area contributed by atoms with E-state index in [1.54, 1.807) is 0 Å². The van der Waals surface area contributed by atoms with Gasteiger partial charge in [0.15, 0.2) is 0 Å². The van der Waals surface area contributed by atoms with Crippen LogP contribution in [-0.2, 0) is 16.6 Å². The predicted octanol–water partition coefficient (Wildman–Crippen LogP) is 5.04. The summed E-state index contributed by atoms with van der Waals surface area (Å²) in [6, 6.07) is 15.0. The van der Waals surface area contributed by atoms with Crippen LogP contribution in [0.3, 0.4) is 0 Å². The predicted molar refractivity (Wildman–Crippen MR) is 115 cm³/mol. The lowest BCUT2D eigenvalue weighted by atomic mass is 9.74. The fraction of sp³-hybridized carbons (Fsp3) is 0.348. The van der Waals surface area contributed by atoms with Gasteiger partial charge in [0.05, 0.1) is 0 Å². The Morgan fingerprint density at radius 2 is 1.93 bits per heavy atom. The van der Waals surface area contributed by atoms with Crippen molar-refractivity contribution in [2.75, 3.05) is 11.4 Å².